The van der Waals surface area contributed by atoms with Gasteiger partial charge in [-0.15, -0.1) is 0 Å². The molecule has 0 aromatic heterocycles. The Hall–Kier alpha value is -2.08. The van der Waals surface area contributed by atoms with Crippen molar-refractivity contribution in [2.45, 2.75) is 49.5 Å². The zero-order valence-electron chi connectivity index (χ0n) is 14.4. The van der Waals surface area contributed by atoms with E-state index in [1.807, 2.05) is 12.1 Å². The zero-order chi connectivity index (χ0) is 17.9. The van der Waals surface area contributed by atoms with Crippen LogP contribution in [0, 0.1) is 0 Å². The highest BCUT2D eigenvalue weighted by atomic mass is 19.1. The summed E-state index contributed by atoms with van der Waals surface area (Å²) in [6.45, 7) is 0.317. The molecule has 3 aliphatic rings. The molecular weight excluding hydrogens is 321 g/mol. The number of nitrogens with one attached hydrogen (secondary N) is 1. The molecule has 6 heteroatoms. The summed E-state index contributed by atoms with van der Waals surface area (Å²) >= 11 is 0. The summed E-state index contributed by atoms with van der Waals surface area (Å²) in [6, 6.07) is 7.67. The lowest BCUT2D eigenvalue weighted by Gasteiger charge is -2.53. The molecule has 3 saturated carbocycles. The molecule has 0 spiro atoms. The molecule has 1 aromatic carbocycles. The minimum Gasteiger partial charge on any atom is -0.489 e. The summed E-state index contributed by atoms with van der Waals surface area (Å²) < 4.78 is 18.1. The monoisotopic (exact) mass is 347 g/mol. The second kappa shape index (κ2) is 7.04. The lowest BCUT2D eigenvalue weighted by molar-refractivity contribution is 0.0848. The average molecular weight is 347 g/mol. The highest BCUT2D eigenvalue weighted by Crippen LogP contribution is 2.53. The quantitative estimate of drug-likeness (QED) is 0.739. The minimum absolute atomic E-state index is 0.103. The SMILES string of the molecule is NCC(=CF)COc1ccc(C23CCC(NC(N)=O)(CC2)CC3)cc1. The van der Waals surface area contributed by atoms with Crippen LogP contribution in [0.5, 0.6) is 5.75 Å². The fourth-order valence-corrected chi connectivity index (χ4v) is 4.28. The molecule has 1 aromatic rings. The zero-order valence-corrected chi connectivity index (χ0v) is 14.4. The Labute approximate surface area is 147 Å². The predicted molar refractivity (Wildman–Crippen MR) is 95.0 cm³/mol. The largest absolute Gasteiger partial charge is 0.489 e. The van der Waals surface area contributed by atoms with Crippen LogP contribution in [-0.4, -0.2) is 24.7 Å². The normalized spacial score (nSPS) is 28.6. The second-order valence-corrected chi connectivity index (χ2v) is 7.33. The van der Waals surface area contributed by atoms with E-state index >= 15 is 0 Å². The first-order valence-electron chi connectivity index (χ1n) is 8.80. The van der Waals surface area contributed by atoms with Crippen molar-refractivity contribution in [3.63, 3.8) is 0 Å². The summed E-state index contributed by atoms with van der Waals surface area (Å²) in [7, 11) is 0. The van der Waals surface area contributed by atoms with Gasteiger partial charge in [0.1, 0.15) is 12.4 Å². The molecule has 2 bridgehead atoms. The number of amides is 2. The number of rotatable bonds is 6. The summed E-state index contributed by atoms with van der Waals surface area (Å²) in [5.74, 6) is 0.712. The number of urea groups is 1. The van der Waals surface area contributed by atoms with Gasteiger partial charge in [-0.25, -0.2) is 9.18 Å². The van der Waals surface area contributed by atoms with E-state index in [0.29, 0.717) is 17.7 Å². The van der Waals surface area contributed by atoms with Gasteiger partial charge in [-0.2, -0.15) is 0 Å². The molecule has 0 atom stereocenters. The molecule has 0 saturated heterocycles. The molecule has 25 heavy (non-hydrogen) atoms. The van der Waals surface area contributed by atoms with Crippen molar-refractivity contribution in [2.75, 3.05) is 13.2 Å². The molecule has 4 rings (SSSR count). The maximum Gasteiger partial charge on any atom is 0.312 e. The second-order valence-electron chi connectivity index (χ2n) is 7.33. The van der Waals surface area contributed by atoms with Gasteiger partial charge < -0.3 is 21.5 Å². The molecule has 5 nitrogen and oxygen atoms in total. The topological polar surface area (TPSA) is 90.4 Å². The van der Waals surface area contributed by atoms with Crippen LogP contribution in [0.1, 0.15) is 44.1 Å². The van der Waals surface area contributed by atoms with E-state index in [2.05, 4.69) is 17.4 Å². The number of fused-ring (bicyclic) bond motifs is 3. The Morgan fingerprint density at radius 2 is 1.76 bits per heavy atom. The molecule has 0 unspecified atom stereocenters. The molecule has 3 fully saturated rings. The van der Waals surface area contributed by atoms with Gasteiger partial charge >= 0.3 is 6.03 Å². The number of benzene rings is 1. The van der Waals surface area contributed by atoms with Crippen molar-refractivity contribution < 1.29 is 13.9 Å². The van der Waals surface area contributed by atoms with Gasteiger partial charge in [-0.05, 0) is 61.6 Å². The fourth-order valence-electron chi connectivity index (χ4n) is 4.28. The van der Waals surface area contributed by atoms with Gasteiger partial charge in [0.25, 0.3) is 0 Å². The third-order valence-corrected chi connectivity index (χ3v) is 5.94. The molecule has 136 valence electrons. The van der Waals surface area contributed by atoms with Crippen LogP contribution in [0.3, 0.4) is 0 Å². The maximum absolute atomic E-state index is 12.5. The summed E-state index contributed by atoms with van der Waals surface area (Å²) in [5, 5.41) is 2.97. The number of ether oxygens (including phenoxy) is 1. The number of carbonyl (C=O) groups excluding carboxylic acids is 1. The van der Waals surface area contributed by atoms with Crippen molar-refractivity contribution >= 4 is 6.03 Å². The van der Waals surface area contributed by atoms with Crippen LogP contribution in [0.15, 0.2) is 36.2 Å². The van der Waals surface area contributed by atoms with Crippen molar-refractivity contribution in [2.24, 2.45) is 11.5 Å². The Bertz CT molecular complexity index is 633. The van der Waals surface area contributed by atoms with E-state index in [9.17, 15) is 9.18 Å². The number of primary amides is 1. The van der Waals surface area contributed by atoms with E-state index in [0.717, 1.165) is 38.5 Å². The smallest absolute Gasteiger partial charge is 0.312 e. The van der Waals surface area contributed by atoms with Gasteiger partial charge in [0.05, 0.1) is 6.33 Å². The van der Waals surface area contributed by atoms with Crippen LogP contribution < -0.4 is 21.5 Å². The van der Waals surface area contributed by atoms with Crippen molar-refractivity contribution in [1.29, 1.82) is 0 Å². The average Bonchev–Trinajstić information content (AvgIpc) is 2.64. The van der Waals surface area contributed by atoms with Crippen molar-refractivity contribution in [3.05, 3.63) is 41.7 Å². The van der Waals surface area contributed by atoms with Crippen LogP contribution in [0.4, 0.5) is 9.18 Å². The summed E-state index contributed by atoms with van der Waals surface area (Å²) in [5.41, 5.74) is 12.6. The van der Waals surface area contributed by atoms with Crippen molar-refractivity contribution in [3.8, 4) is 5.75 Å². The van der Waals surface area contributed by atoms with E-state index in [-0.39, 0.29) is 24.1 Å². The summed E-state index contributed by atoms with van der Waals surface area (Å²) in [6.07, 6.45) is 6.56. The van der Waals surface area contributed by atoms with E-state index in [4.69, 9.17) is 16.2 Å². The number of hydrogen-bond acceptors (Lipinski definition) is 3. The highest BCUT2D eigenvalue weighted by molar-refractivity contribution is 5.72. The van der Waals surface area contributed by atoms with Crippen LogP contribution >= 0.6 is 0 Å². The molecule has 0 aliphatic heterocycles. The first kappa shape index (κ1) is 17.7. The first-order chi connectivity index (χ1) is 12.0. The number of halogens is 1. The molecule has 5 N–H and O–H groups in total. The highest BCUT2D eigenvalue weighted by Gasteiger charge is 2.49. The molecule has 0 radical (unpaired) electrons. The minimum atomic E-state index is -0.421. The van der Waals surface area contributed by atoms with Crippen molar-refractivity contribution in [1.82, 2.24) is 5.32 Å². The molecule has 0 heterocycles. The molecular formula is C19H26FN3O2. The van der Waals surface area contributed by atoms with Gasteiger partial charge in [0.15, 0.2) is 0 Å². The Balaban J connectivity index is 1.65. The predicted octanol–water partition coefficient (Wildman–Crippen LogP) is 2.89. The van der Waals surface area contributed by atoms with Gasteiger partial charge in [-0.1, -0.05) is 12.1 Å². The number of hydrogen-bond donors (Lipinski definition) is 3. The van der Waals surface area contributed by atoms with Gasteiger partial charge in [0.2, 0.25) is 0 Å². The van der Waals surface area contributed by atoms with Gasteiger partial charge in [0, 0.05) is 17.7 Å². The third-order valence-electron chi connectivity index (χ3n) is 5.94. The van der Waals surface area contributed by atoms with Crippen LogP contribution in [-0.2, 0) is 5.41 Å². The lowest BCUT2D eigenvalue weighted by Crippen LogP contribution is -2.58. The third kappa shape index (κ3) is 3.63. The van der Waals surface area contributed by atoms with E-state index in [1.165, 1.54) is 5.56 Å². The van der Waals surface area contributed by atoms with Crippen LogP contribution in [0.2, 0.25) is 0 Å². The van der Waals surface area contributed by atoms with E-state index < -0.39 is 6.03 Å². The molecule has 2 amide bonds. The lowest BCUT2D eigenvalue weighted by atomic mass is 9.55. The number of nitrogens with two attached hydrogens (primary N) is 2. The van der Waals surface area contributed by atoms with E-state index in [1.54, 1.807) is 0 Å². The first-order valence-corrected chi connectivity index (χ1v) is 8.80. The summed E-state index contributed by atoms with van der Waals surface area (Å²) in [4.78, 5) is 11.3. The van der Waals surface area contributed by atoms with Crippen LogP contribution in [0.25, 0.3) is 0 Å². The Morgan fingerprint density at radius 3 is 2.24 bits per heavy atom. The standard InChI is InChI=1S/C19H26FN3O2/c20-11-14(12-21)13-25-16-3-1-15(2-4-16)18-5-8-19(9-6-18,10-7-18)23-17(22)24/h1-4,11H,5-10,12-13,21H2,(H3,22,23,24). The number of carbonyl (C=O) groups is 1. The fraction of sp³-hybridized carbons (Fsp3) is 0.526. The Morgan fingerprint density at radius 1 is 1.16 bits per heavy atom. The van der Waals surface area contributed by atoms with Gasteiger partial charge in [-0.3, -0.25) is 0 Å². The Kier molecular flexibility index (Phi) is 4.99. The molecule has 3 aliphatic carbocycles. The maximum atomic E-state index is 12.5.